The average molecular weight is 720 g/mol. The monoisotopic (exact) mass is 720 g/mol. The molecule has 1 N–H and O–H groups in total. The maximum Gasteiger partial charge on any atom is 0.0822 e. The summed E-state index contributed by atoms with van der Waals surface area (Å²) in [5, 5.41) is 4.47. The predicted octanol–water partition coefficient (Wildman–Crippen LogP) is 14.5. The number of aromatic amines is 1. The van der Waals surface area contributed by atoms with E-state index in [9.17, 15) is 0 Å². The first-order valence-corrected chi connectivity index (χ1v) is 22.3. The highest BCUT2D eigenvalue weighted by Crippen LogP contribution is 2.59. The van der Waals surface area contributed by atoms with Gasteiger partial charge in [-0.3, -0.25) is 0 Å². The van der Waals surface area contributed by atoms with Crippen LogP contribution in [0.3, 0.4) is 0 Å². The zero-order chi connectivity index (χ0) is 37.1. The highest BCUT2D eigenvalue weighted by atomic mass is 15.2. The summed E-state index contributed by atoms with van der Waals surface area (Å²) in [6.07, 6.45) is 16.4. The summed E-state index contributed by atoms with van der Waals surface area (Å²) in [6.45, 7) is 15.0. The van der Waals surface area contributed by atoms with Crippen LogP contribution in [0, 0.1) is 17.8 Å². The van der Waals surface area contributed by atoms with Crippen LogP contribution in [0.5, 0.6) is 0 Å². The molecule has 3 heteroatoms. The van der Waals surface area contributed by atoms with E-state index in [0.29, 0.717) is 41.5 Å². The van der Waals surface area contributed by atoms with E-state index in [0.717, 1.165) is 0 Å². The number of nitrogens with zero attached hydrogens (tertiary/aromatic N) is 2. The lowest BCUT2D eigenvalue weighted by molar-refractivity contribution is 0.197. The second-order valence-electron chi connectivity index (χ2n) is 18.1. The van der Waals surface area contributed by atoms with Crippen molar-refractivity contribution >= 4 is 32.7 Å². The third kappa shape index (κ3) is 5.56. The summed E-state index contributed by atoms with van der Waals surface area (Å²) in [5.74, 6) is 3.49. The summed E-state index contributed by atoms with van der Waals surface area (Å²) < 4.78 is 6.04. The van der Waals surface area contributed by atoms with E-state index in [1.165, 1.54) is 122 Å². The summed E-state index contributed by atoms with van der Waals surface area (Å²) in [7, 11) is 0. The summed E-state index contributed by atoms with van der Waals surface area (Å²) in [6, 6.07) is 29.0. The highest BCUT2D eigenvalue weighted by Gasteiger charge is 2.49. The van der Waals surface area contributed by atoms with Crippen LogP contribution < -0.4 is 0 Å². The van der Waals surface area contributed by atoms with Crippen LogP contribution in [0.4, 0.5) is 0 Å². The Morgan fingerprint density at radius 2 is 1.13 bits per heavy atom. The Kier molecular flexibility index (Phi) is 9.81. The van der Waals surface area contributed by atoms with Crippen molar-refractivity contribution in [1.29, 1.82) is 0 Å². The fourth-order valence-corrected chi connectivity index (χ4v) is 12.4. The molecule has 284 valence electrons. The number of para-hydroxylation sites is 3. The molecule has 0 saturated carbocycles. The van der Waals surface area contributed by atoms with Gasteiger partial charge in [0.15, 0.2) is 0 Å². The van der Waals surface area contributed by atoms with E-state index in [2.05, 4.69) is 128 Å². The Bertz CT molecular complexity index is 2260. The molecule has 0 spiro atoms. The summed E-state index contributed by atoms with van der Waals surface area (Å²) in [4.78, 5) is 4.18. The zero-order valence-corrected chi connectivity index (χ0v) is 34.1. The van der Waals surface area contributed by atoms with E-state index in [1.807, 2.05) is 0 Å². The molecule has 0 fully saturated rings. The minimum atomic E-state index is 0.191. The number of aromatic nitrogens is 3. The van der Waals surface area contributed by atoms with Crippen molar-refractivity contribution in [3.05, 3.63) is 107 Å². The van der Waals surface area contributed by atoms with Crippen molar-refractivity contribution in [2.45, 2.75) is 155 Å². The molecule has 3 nitrogen and oxygen atoms in total. The van der Waals surface area contributed by atoms with E-state index in [4.69, 9.17) is 0 Å². The molecule has 0 saturated heterocycles. The molecule has 6 aromatic rings. The largest absolute Gasteiger partial charge is 0.358 e. The Morgan fingerprint density at radius 3 is 1.78 bits per heavy atom. The Balaban J connectivity index is 1.41. The van der Waals surface area contributed by atoms with Crippen molar-refractivity contribution in [2.24, 2.45) is 17.8 Å². The van der Waals surface area contributed by atoms with E-state index in [1.54, 1.807) is 28.1 Å². The quantitative estimate of drug-likeness (QED) is 0.129. The number of hydrogen-bond acceptors (Lipinski definition) is 0. The summed E-state index contributed by atoms with van der Waals surface area (Å²) in [5.41, 5.74) is 14.1. The molecule has 0 bridgehead atoms. The first kappa shape index (κ1) is 35.9. The van der Waals surface area contributed by atoms with Crippen LogP contribution in [-0.4, -0.2) is 14.1 Å². The first-order chi connectivity index (χ1) is 26.5. The van der Waals surface area contributed by atoms with Gasteiger partial charge in [-0.25, -0.2) is 0 Å². The third-order valence-corrected chi connectivity index (χ3v) is 15.0. The number of nitrogens with one attached hydrogen (secondary N) is 1. The Labute approximate surface area is 324 Å². The molecule has 3 aromatic carbocycles. The minimum absolute atomic E-state index is 0.191. The van der Waals surface area contributed by atoms with Gasteiger partial charge in [-0.2, -0.15) is 0 Å². The molecule has 0 aliphatic heterocycles. The van der Waals surface area contributed by atoms with Crippen molar-refractivity contribution in [1.82, 2.24) is 14.1 Å². The van der Waals surface area contributed by atoms with Crippen molar-refractivity contribution in [2.75, 3.05) is 0 Å². The lowest BCUT2D eigenvalue weighted by Gasteiger charge is -2.47. The SMILES string of the molecule is CCCCCC1c2[nH]c3ccccc3c2C(n2c3c(c4ccccc42)CCC(C)C3CCC)C(n2c3c(c4ccccc42)CCC(C)C3CCCC)C1C. The van der Waals surface area contributed by atoms with Crippen molar-refractivity contribution < 1.29 is 0 Å². The number of benzene rings is 3. The fourth-order valence-electron chi connectivity index (χ4n) is 12.4. The van der Waals surface area contributed by atoms with Crippen LogP contribution >= 0.6 is 0 Å². The van der Waals surface area contributed by atoms with Gasteiger partial charge < -0.3 is 14.1 Å². The number of unbranched alkanes of at least 4 members (excludes halogenated alkanes) is 3. The molecule has 3 heterocycles. The second-order valence-corrected chi connectivity index (χ2v) is 18.1. The van der Waals surface area contributed by atoms with Gasteiger partial charge in [-0.15, -0.1) is 0 Å². The predicted molar refractivity (Wildman–Crippen MR) is 230 cm³/mol. The molecule has 9 rings (SSSR count). The topological polar surface area (TPSA) is 25.6 Å². The van der Waals surface area contributed by atoms with Crippen LogP contribution in [0.1, 0.15) is 176 Å². The average Bonchev–Trinajstić information content (AvgIpc) is 3.84. The number of aryl methyl sites for hydroxylation is 2. The van der Waals surface area contributed by atoms with E-state index in [-0.39, 0.29) is 6.04 Å². The standard InChI is InChI=1S/C51H65N3/c1-7-10-12-21-37-34(6)48(53-44-26-17-14-22-38(44)41-31-29-33(5)36(50(41)53)20-11-8-2)51(46-42-24-13-16-25-43(42)52-47(37)46)54-45-27-18-15-23-39(45)40-30-28-32(4)35(19-9-3)49(40)54/h13-18,22-27,32-37,48,51-52H,7-12,19-21,28-31H2,1-6H3. The zero-order valence-electron chi connectivity index (χ0n) is 34.1. The lowest BCUT2D eigenvalue weighted by Crippen LogP contribution is -2.39. The molecule has 3 aliphatic carbocycles. The summed E-state index contributed by atoms with van der Waals surface area (Å²) >= 11 is 0. The van der Waals surface area contributed by atoms with Crippen molar-refractivity contribution in [3.63, 3.8) is 0 Å². The van der Waals surface area contributed by atoms with Gasteiger partial charge in [0, 0.05) is 73.1 Å². The molecule has 3 aliphatic rings. The number of fused-ring (bicyclic) bond motifs is 9. The number of hydrogen-bond donors (Lipinski definition) is 1. The normalized spacial score (nSPS) is 26.7. The highest BCUT2D eigenvalue weighted by molar-refractivity contribution is 5.90. The van der Waals surface area contributed by atoms with Crippen LogP contribution in [0.2, 0.25) is 0 Å². The molecular formula is C51H65N3. The van der Waals surface area contributed by atoms with Crippen molar-refractivity contribution in [3.8, 4) is 0 Å². The second kappa shape index (κ2) is 14.7. The maximum atomic E-state index is 4.18. The Morgan fingerprint density at radius 1 is 0.574 bits per heavy atom. The lowest BCUT2D eigenvalue weighted by atomic mass is 9.69. The van der Waals surface area contributed by atoms with Crippen LogP contribution in [0.15, 0.2) is 72.8 Å². The van der Waals surface area contributed by atoms with Gasteiger partial charge >= 0.3 is 0 Å². The Hall–Kier alpha value is -3.72. The van der Waals surface area contributed by atoms with Gasteiger partial charge in [-0.1, -0.05) is 135 Å². The molecule has 54 heavy (non-hydrogen) atoms. The molecule has 0 radical (unpaired) electrons. The number of H-pyrrole nitrogens is 1. The van der Waals surface area contributed by atoms with Crippen LogP contribution in [-0.2, 0) is 12.8 Å². The van der Waals surface area contributed by atoms with Gasteiger partial charge in [0.25, 0.3) is 0 Å². The molecule has 3 aromatic heterocycles. The molecular weight excluding hydrogens is 655 g/mol. The molecule has 8 unspecified atom stereocenters. The molecule has 0 amide bonds. The van der Waals surface area contributed by atoms with E-state index < -0.39 is 0 Å². The minimum Gasteiger partial charge on any atom is -0.358 e. The van der Waals surface area contributed by atoms with Gasteiger partial charge in [0.2, 0.25) is 0 Å². The van der Waals surface area contributed by atoms with E-state index >= 15 is 0 Å². The van der Waals surface area contributed by atoms with Gasteiger partial charge in [0.1, 0.15) is 0 Å². The van der Waals surface area contributed by atoms with Gasteiger partial charge in [0.05, 0.1) is 12.1 Å². The smallest absolute Gasteiger partial charge is 0.0822 e. The number of rotatable bonds is 11. The maximum absolute atomic E-state index is 4.18. The fraction of sp³-hybridized carbons (Fsp3) is 0.529. The first-order valence-electron chi connectivity index (χ1n) is 22.3. The van der Waals surface area contributed by atoms with Crippen LogP contribution in [0.25, 0.3) is 32.7 Å². The third-order valence-electron chi connectivity index (χ3n) is 15.0. The molecule has 8 atom stereocenters. The van der Waals surface area contributed by atoms with Gasteiger partial charge in [-0.05, 0) is 92.0 Å².